The molecule has 0 radical (unpaired) electrons. The van der Waals surface area contributed by atoms with E-state index in [1.54, 1.807) is 36.4 Å². The molecule has 6 nitrogen and oxygen atoms in total. The van der Waals surface area contributed by atoms with E-state index in [0.29, 0.717) is 22.5 Å². The van der Waals surface area contributed by atoms with Gasteiger partial charge in [-0.1, -0.05) is 24.3 Å². The van der Waals surface area contributed by atoms with Crippen LogP contribution in [0.5, 0.6) is 0 Å². The highest BCUT2D eigenvalue weighted by atomic mass is 16.4. The van der Waals surface area contributed by atoms with Crippen LogP contribution >= 0.6 is 0 Å². The number of hydrogen-bond donors (Lipinski definition) is 4. The molecule has 0 atom stereocenters. The number of nitrogens with two attached hydrogens (primary N) is 2. The Morgan fingerprint density at radius 1 is 0.577 bits per heavy atom. The zero-order valence-corrected chi connectivity index (χ0v) is 13.6. The number of nitrogen functional groups attached to an aromatic ring is 2. The maximum absolute atomic E-state index is 11.1. The molecule has 3 aromatic carbocycles. The van der Waals surface area contributed by atoms with Crippen LogP contribution in [0, 0.1) is 0 Å². The minimum Gasteiger partial charge on any atom is -0.478 e. The van der Waals surface area contributed by atoms with Crippen LogP contribution in [0.3, 0.4) is 0 Å². The predicted octanol–water partition coefficient (Wildman–Crippen LogP) is 3.58. The van der Waals surface area contributed by atoms with Gasteiger partial charge in [-0.2, -0.15) is 0 Å². The second-order valence-electron chi connectivity index (χ2n) is 5.76. The third kappa shape index (κ3) is 3.08. The molecule has 0 saturated carbocycles. The van der Waals surface area contributed by atoms with Crippen molar-refractivity contribution in [2.75, 3.05) is 11.5 Å². The highest BCUT2D eigenvalue weighted by Crippen LogP contribution is 2.40. The van der Waals surface area contributed by atoms with Crippen molar-refractivity contribution in [3.8, 4) is 22.3 Å². The summed E-state index contributed by atoms with van der Waals surface area (Å²) in [5.74, 6) is -2.02. The second kappa shape index (κ2) is 6.60. The van der Waals surface area contributed by atoms with E-state index < -0.39 is 11.9 Å². The van der Waals surface area contributed by atoms with Gasteiger partial charge in [-0.25, -0.2) is 9.59 Å². The van der Waals surface area contributed by atoms with Crippen LogP contribution in [0.1, 0.15) is 20.7 Å². The molecule has 0 aromatic heterocycles. The molecule has 3 rings (SSSR count). The summed E-state index contributed by atoms with van der Waals surface area (Å²) in [5, 5.41) is 18.1. The van der Waals surface area contributed by atoms with Crippen LogP contribution in [-0.2, 0) is 0 Å². The molecule has 3 aromatic rings. The fourth-order valence-electron chi connectivity index (χ4n) is 2.82. The summed E-state index contributed by atoms with van der Waals surface area (Å²) in [5.41, 5.74) is 16.4. The molecule has 0 aliphatic heterocycles. The maximum atomic E-state index is 11.1. The van der Waals surface area contributed by atoms with Crippen LogP contribution < -0.4 is 11.5 Å². The third-order valence-electron chi connectivity index (χ3n) is 4.11. The molecule has 26 heavy (non-hydrogen) atoms. The van der Waals surface area contributed by atoms with E-state index in [9.17, 15) is 9.59 Å². The Morgan fingerprint density at radius 3 is 1.15 bits per heavy atom. The summed E-state index contributed by atoms with van der Waals surface area (Å²) in [4.78, 5) is 22.1. The first-order valence-electron chi connectivity index (χ1n) is 7.74. The van der Waals surface area contributed by atoms with Crippen molar-refractivity contribution in [1.29, 1.82) is 0 Å². The SMILES string of the molecule is Nc1ccc(N)c(-c2ccc(C(=O)O)cc2)c1-c1ccc(C(=O)O)cc1. The molecule has 0 spiro atoms. The van der Waals surface area contributed by atoms with Crippen molar-refractivity contribution in [3.05, 3.63) is 71.8 Å². The lowest BCUT2D eigenvalue weighted by molar-refractivity contribution is 0.0686. The van der Waals surface area contributed by atoms with Gasteiger partial charge in [0.25, 0.3) is 0 Å². The van der Waals surface area contributed by atoms with E-state index in [-0.39, 0.29) is 11.1 Å². The lowest BCUT2D eigenvalue weighted by Crippen LogP contribution is -2.00. The van der Waals surface area contributed by atoms with Gasteiger partial charge >= 0.3 is 11.9 Å². The molecule has 0 fully saturated rings. The molecular formula is C20H16N2O4. The lowest BCUT2D eigenvalue weighted by atomic mass is 9.91. The molecule has 130 valence electrons. The van der Waals surface area contributed by atoms with Gasteiger partial charge in [-0.05, 0) is 47.5 Å². The van der Waals surface area contributed by atoms with Crippen LogP contribution in [0.2, 0.25) is 0 Å². The summed E-state index contributed by atoms with van der Waals surface area (Å²) in [7, 11) is 0. The van der Waals surface area contributed by atoms with E-state index >= 15 is 0 Å². The second-order valence-corrected chi connectivity index (χ2v) is 5.76. The average molecular weight is 348 g/mol. The summed E-state index contributed by atoms with van der Waals surface area (Å²) >= 11 is 0. The van der Waals surface area contributed by atoms with Crippen molar-refractivity contribution in [3.63, 3.8) is 0 Å². The minimum absolute atomic E-state index is 0.170. The summed E-state index contributed by atoms with van der Waals surface area (Å²) in [6.45, 7) is 0. The lowest BCUT2D eigenvalue weighted by Gasteiger charge is -2.16. The minimum atomic E-state index is -1.01. The molecule has 0 heterocycles. The monoisotopic (exact) mass is 348 g/mol. The van der Waals surface area contributed by atoms with Gasteiger partial charge in [0.2, 0.25) is 0 Å². The zero-order chi connectivity index (χ0) is 18.8. The number of hydrogen-bond acceptors (Lipinski definition) is 4. The van der Waals surface area contributed by atoms with E-state index in [4.69, 9.17) is 21.7 Å². The Balaban J connectivity index is 2.18. The largest absolute Gasteiger partial charge is 0.478 e. The normalized spacial score (nSPS) is 10.5. The number of carbonyl (C=O) groups is 2. The summed E-state index contributed by atoms with van der Waals surface area (Å²) < 4.78 is 0. The fraction of sp³-hybridized carbons (Fsp3) is 0. The molecule has 0 aliphatic carbocycles. The summed E-state index contributed by atoms with van der Waals surface area (Å²) in [6.07, 6.45) is 0. The third-order valence-corrected chi connectivity index (χ3v) is 4.11. The van der Waals surface area contributed by atoms with Gasteiger partial charge in [-0.15, -0.1) is 0 Å². The molecule has 0 aliphatic rings. The summed E-state index contributed by atoms with van der Waals surface area (Å²) in [6, 6.07) is 16.0. The maximum Gasteiger partial charge on any atom is 0.335 e. The Bertz CT molecular complexity index is 911. The Hall–Kier alpha value is -3.80. The average Bonchev–Trinajstić information content (AvgIpc) is 2.63. The first-order chi connectivity index (χ1) is 12.4. The smallest absolute Gasteiger partial charge is 0.335 e. The molecule has 0 unspecified atom stereocenters. The molecule has 6 heteroatoms. The van der Waals surface area contributed by atoms with Crippen molar-refractivity contribution in [1.82, 2.24) is 0 Å². The van der Waals surface area contributed by atoms with Gasteiger partial charge in [0.15, 0.2) is 0 Å². The molecule has 6 N–H and O–H groups in total. The van der Waals surface area contributed by atoms with Crippen LogP contribution in [0.4, 0.5) is 11.4 Å². The first-order valence-corrected chi connectivity index (χ1v) is 7.74. The highest BCUT2D eigenvalue weighted by Gasteiger charge is 2.15. The number of carboxylic acids is 2. The molecule has 0 saturated heterocycles. The van der Waals surface area contributed by atoms with Crippen LogP contribution in [-0.4, -0.2) is 22.2 Å². The number of benzene rings is 3. The van der Waals surface area contributed by atoms with Gasteiger partial charge < -0.3 is 21.7 Å². The van der Waals surface area contributed by atoms with E-state index in [0.717, 1.165) is 11.1 Å². The van der Waals surface area contributed by atoms with Crippen molar-refractivity contribution < 1.29 is 19.8 Å². The highest BCUT2D eigenvalue weighted by molar-refractivity contribution is 5.98. The van der Waals surface area contributed by atoms with E-state index in [1.807, 2.05) is 0 Å². The predicted molar refractivity (Wildman–Crippen MR) is 100 cm³/mol. The van der Waals surface area contributed by atoms with Crippen molar-refractivity contribution in [2.24, 2.45) is 0 Å². The quantitative estimate of drug-likeness (QED) is 0.534. The van der Waals surface area contributed by atoms with Gasteiger partial charge in [0.05, 0.1) is 11.1 Å². The van der Waals surface area contributed by atoms with Crippen molar-refractivity contribution in [2.45, 2.75) is 0 Å². The van der Waals surface area contributed by atoms with Gasteiger partial charge in [0, 0.05) is 22.5 Å². The van der Waals surface area contributed by atoms with Crippen LogP contribution in [0.25, 0.3) is 22.3 Å². The standard InChI is InChI=1S/C20H16N2O4/c21-15-9-10-16(22)18(12-3-7-14(8-4-12)20(25)26)17(15)11-1-5-13(6-2-11)19(23)24/h1-10H,21-22H2,(H,23,24)(H,25,26). The molecule has 0 bridgehead atoms. The van der Waals surface area contributed by atoms with Crippen molar-refractivity contribution >= 4 is 23.3 Å². The number of aromatic carboxylic acids is 2. The zero-order valence-electron chi connectivity index (χ0n) is 13.6. The Kier molecular flexibility index (Phi) is 4.33. The Morgan fingerprint density at radius 2 is 0.885 bits per heavy atom. The van der Waals surface area contributed by atoms with Crippen LogP contribution in [0.15, 0.2) is 60.7 Å². The topological polar surface area (TPSA) is 127 Å². The molecular weight excluding hydrogens is 332 g/mol. The fourth-order valence-corrected chi connectivity index (χ4v) is 2.82. The molecule has 0 amide bonds. The number of carboxylic acid groups (broad SMARTS) is 2. The van der Waals surface area contributed by atoms with Gasteiger partial charge in [0.1, 0.15) is 0 Å². The van der Waals surface area contributed by atoms with Gasteiger partial charge in [-0.3, -0.25) is 0 Å². The number of rotatable bonds is 4. The Labute approximate surface area is 149 Å². The van der Waals surface area contributed by atoms with E-state index in [1.165, 1.54) is 24.3 Å². The first kappa shape index (κ1) is 17.0. The number of anilines is 2. The van der Waals surface area contributed by atoms with E-state index in [2.05, 4.69) is 0 Å².